The Balaban J connectivity index is 2.32. The number of aromatic nitrogens is 1. The lowest BCUT2D eigenvalue weighted by Crippen LogP contribution is -2.15. The Morgan fingerprint density at radius 3 is 3.20 bits per heavy atom. The van der Waals surface area contributed by atoms with E-state index in [1.807, 2.05) is 0 Å². The van der Waals surface area contributed by atoms with Crippen LogP contribution in [0.5, 0.6) is 0 Å². The van der Waals surface area contributed by atoms with Crippen molar-refractivity contribution >= 4 is 11.1 Å². The summed E-state index contributed by atoms with van der Waals surface area (Å²) < 4.78 is 17.0. The maximum Gasteiger partial charge on any atom is 0.208 e. The lowest BCUT2D eigenvalue weighted by atomic mass is 10.1. The predicted octanol–water partition coefficient (Wildman–Crippen LogP) is 1.18. The highest BCUT2D eigenvalue weighted by molar-refractivity contribution is 5.77. The minimum Gasteiger partial charge on any atom is -0.448 e. The van der Waals surface area contributed by atoms with Crippen molar-refractivity contribution < 1.29 is 8.81 Å². The standard InChI is InChI=1S/C10H11FN2O2/c11-6-12-3-1-7-5-15-10-9(7)8(14)2-4-13-10/h2,4-5,12H,1,3,6H2,(H,13,14). The van der Waals surface area contributed by atoms with E-state index in [9.17, 15) is 9.18 Å². The molecule has 2 N–H and O–H groups in total. The van der Waals surface area contributed by atoms with E-state index >= 15 is 0 Å². The molecule has 4 nitrogen and oxygen atoms in total. The van der Waals surface area contributed by atoms with Gasteiger partial charge >= 0.3 is 0 Å². The van der Waals surface area contributed by atoms with Crippen LogP contribution in [0.15, 0.2) is 27.7 Å². The molecule has 2 aromatic rings. The van der Waals surface area contributed by atoms with Gasteiger partial charge in [0, 0.05) is 24.4 Å². The molecule has 0 saturated heterocycles. The molecule has 0 unspecified atom stereocenters. The minimum atomic E-state index is -0.563. The number of aromatic amines is 1. The van der Waals surface area contributed by atoms with Crippen molar-refractivity contribution in [2.45, 2.75) is 6.42 Å². The maximum absolute atomic E-state index is 11.8. The molecule has 0 radical (unpaired) electrons. The highest BCUT2D eigenvalue weighted by Crippen LogP contribution is 2.15. The molecular weight excluding hydrogens is 199 g/mol. The Morgan fingerprint density at radius 1 is 1.53 bits per heavy atom. The Morgan fingerprint density at radius 2 is 2.40 bits per heavy atom. The fraction of sp³-hybridized carbons (Fsp3) is 0.300. The number of pyridine rings is 1. The van der Waals surface area contributed by atoms with Crippen LogP contribution in [0.25, 0.3) is 11.1 Å². The van der Waals surface area contributed by atoms with Crippen LogP contribution in [-0.2, 0) is 6.42 Å². The van der Waals surface area contributed by atoms with Crippen molar-refractivity contribution in [2.24, 2.45) is 0 Å². The lowest BCUT2D eigenvalue weighted by molar-refractivity contribution is 0.428. The first kappa shape index (κ1) is 9.92. The molecule has 0 saturated carbocycles. The summed E-state index contributed by atoms with van der Waals surface area (Å²) in [5, 5.41) is 3.10. The van der Waals surface area contributed by atoms with E-state index < -0.39 is 6.80 Å². The number of rotatable bonds is 4. The second-order valence-electron chi connectivity index (χ2n) is 3.19. The third kappa shape index (κ3) is 1.92. The van der Waals surface area contributed by atoms with Gasteiger partial charge in [-0.25, -0.2) is 4.39 Å². The van der Waals surface area contributed by atoms with Crippen molar-refractivity contribution in [3.05, 3.63) is 34.3 Å². The summed E-state index contributed by atoms with van der Waals surface area (Å²) in [6.07, 6.45) is 3.64. The second kappa shape index (κ2) is 4.27. The van der Waals surface area contributed by atoms with Gasteiger partial charge in [0.25, 0.3) is 0 Å². The number of halogens is 1. The van der Waals surface area contributed by atoms with E-state index in [0.717, 1.165) is 5.56 Å². The maximum atomic E-state index is 11.8. The largest absolute Gasteiger partial charge is 0.448 e. The van der Waals surface area contributed by atoms with E-state index in [2.05, 4.69) is 10.3 Å². The predicted molar refractivity (Wildman–Crippen MR) is 54.5 cm³/mol. The molecule has 0 aliphatic heterocycles. The van der Waals surface area contributed by atoms with E-state index in [1.165, 1.54) is 18.5 Å². The lowest BCUT2D eigenvalue weighted by Gasteiger charge is -1.97. The van der Waals surface area contributed by atoms with Crippen LogP contribution in [-0.4, -0.2) is 18.3 Å². The zero-order valence-corrected chi connectivity index (χ0v) is 8.05. The van der Waals surface area contributed by atoms with Crippen LogP contribution < -0.4 is 10.7 Å². The van der Waals surface area contributed by atoms with Crippen LogP contribution in [0, 0.1) is 0 Å². The van der Waals surface area contributed by atoms with Crippen molar-refractivity contribution in [3.63, 3.8) is 0 Å². The molecule has 0 aliphatic carbocycles. The number of fused-ring (bicyclic) bond motifs is 1. The number of nitrogens with one attached hydrogen (secondary N) is 2. The normalized spacial score (nSPS) is 11.0. The number of furan rings is 1. The topological polar surface area (TPSA) is 58.0 Å². The van der Waals surface area contributed by atoms with Crippen molar-refractivity contribution in [2.75, 3.05) is 13.3 Å². The molecule has 0 aromatic carbocycles. The summed E-state index contributed by atoms with van der Waals surface area (Å²) in [5.74, 6) is 0. The smallest absolute Gasteiger partial charge is 0.208 e. The molecule has 0 atom stereocenters. The molecular formula is C10H11FN2O2. The van der Waals surface area contributed by atoms with Gasteiger partial charge in [-0.15, -0.1) is 0 Å². The molecule has 0 bridgehead atoms. The fourth-order valence-electron chi connectivity index (χ4n) is 1.52. The van der Waals surface area contributed by atoms with Gasteiger partial charge in [-0.3, -0.25) is 10.1 Å². The molecule has 2 heterocycles. The molecule has 15 heavy (non-hydrogen) atoms. The first-order valence-corrected chi connectivity index (χ1v) is 4.67. The summed E-state index contributed by atoms with van der Waals surface area (Å²) in [6, 6.07) is 1.45. The van der Waals surface area contributed by atoms with Crippen LogP contribution in [0.1, 0.15) is 5.56 Å². The molecule has 0 amide bonds. The average Bonchev–Trinajstić information content (AvgIpc) is 2.63. The Bertz CT molecular complexity index is 503. The van der Waals surface area contributed by atoms with Crippen LogP contribution >= 0.6 is 0 Å². The highest BCUT2D eigenvalue weighted by Gasteiger charge is 2.08. The van der Waals surface area contributed by atoms with Crippen molar-refractivity contribution in [1.82, 2.24) is 10.3 Å². The molecule has 2 rings (SSSR count). The van der Waals surface area contributed by atoms with Crippen LogP contribution in [0.2, 0.25) is 0 Å². The molecule has 80 valence electrons. The van der Waals surface area contributed by atoms with Crippen LogP contribution in [0.4, 0.5) is 4.39 Å². The molecule has 0 aliphatic rings. The van der Waals surface area contributed by atoms with Gasteiger partial charge in [0.05, 0.1) is 11.6 Å². The number of hydrogen-bond acceptors (Lipinski definition) is 3. The minimum absolute atomic E-state index is 0.0762. The first-order valence-electron chi connectivity index (χ1n) is 4.67. The van der Waals surface area contributed by atoms with E-state index in [-0.39, 0.29) is 5.43 Å². The van der Waals surface area contributed by atoms with Gasteiger partial charge in [0.15, 0.2) is 5.43 Å². The van der Waals surface area contributed by atoms with E-state index in [1.54, 1.807) is 0 Å². The van der Waals surface area contributed by atoms with Gasteiger partial charge in [-0.2, -0.15) is 0 Å². The number of hydrogen-bond donors (Lipinski definition) is 2. The van der Waals surface area contributed by atoms with E-state index in [4.69, 9.17) is 4.42 Å². The SMILES string of the molecule is O=c1cc[nH]c2occ(CCNCF)c12. The van der Waals surface area contributed by atoms with Crippen molar-refractivity contribution in [3.8, 4) is 0 Å². The van der Waals surface area contributed by atoms with Gasteiger partial charge < -0.3 is 9.40 Å². The summed E-state index contributed by atoms with van der Waals surface area (Å²) in [7, 11) is 0. The Kier molecular flexibility index (Phi) is 2.82. The highest BCUT2D eigenvalue weighted by atomic mass is 19.1. The Hall–Kier alpha value is -1.62. The quantitative estimate of drug-likeness (QED) is 0.588. The van der Waals surface area contributed by atoms with Gasteiger partial charge in [-0.1, -0.05) is 0 Å². The molecule has 2 aromatic heterocycles. The summed E-state index contributed by atoms with van der Waals surface area (Å²) >= 11 is 0. The monoisotopic (exact) mass is 210 g/mol. The Labute approximate surface area is 85.1 Å². The summed E-state index contributed by atoms with van der Waals surface area (Å²) in [6.45, 7) is -0.0778. The zero-order chi connectivity index (χ0) is 10.7. The fourth-order valence-corrected chi connectivity index (χ4v) is 1.52. The first-order chi connectivity index (χ1) is 7.33. The van der Waals surface area contributed by atoms with Gasteiger partial charge in [0.2, 0.25) is 5.71 Å². The summed E-state index contributed by atoms with van der Waals surface area (Å²) in [4.78, 5) is 14.4. The second-order valence-corrected chi connectivity index (χ2v) is 3.19. The number of H-pyrrole nitrogens is 1. The zero-order valence-electron chi connectivity index (χ0n) is 8.05. The van der Waals surface area contributed by atoms with Gasteiger partial charge in [-0.05, 0) is 6.42 Å². The summed E-state index contributed by atoms with van der Waals surface area (Å²) in [5.41, 5.74) is 1.19. The van der Waals surface area contributed by atoms with E-state index in [0.29, 0.717) is 24.1 Å². The van der Waals surface area contributed by atoms with Crippen LogP contribution in [0.3, 0.4) is 0 Å². The third-order valence-corrected chi connectivity index (χ3v) is 2.23. The molecule has 0 spiro atoms. The third-order valence-electron chi connectivity index (χ3n) is 2.23. The van der Waals surface area contributed by atoms with Crippen molar-refractivity contribution in [1.29, 1.82) is 0 Å². The molecule has 5 heteroatoms. The van der Waals surface area contributed by atoms with Gasteiger partial charge in [0.1, 0.15) is 6.80 Å². The number of alkyl halides is 1. The average molecular weight is 210 g/mol. The molecule has 0 fully saturated rings.